The van der Waals surface area contributed by atoms with Crippen molar-refractivity contribution in [2.24, 2.45) is 0 Å². The molecule has 0 bridgehead atoms. The third-order valence-electron chi connectivity index (χ3n) is 7.62. The van der Waals surface area contributed by atoms with Crippen molar-refractivity contribution in [3.63, 3.8) is 0 Å². The number of carbonyl (C=O) groups is 2. The highest BCUT2D eigenvalue weighted by Crippen LogP contribution is 2.27. The van der Waals surface area contributed by atoms with Crippen LogP contribution in [0.2, 0.25) is 0 Å². The number of aliphatic hydroxyl groups is 2. The maximum absolute atomic E-state index is 13.5. The molecule has 1 aliphatic heterocycles. The summed E-state index contributed by atoms with van der Waals surface area (Å²) in [5, 5.41) is 31.0. The van der Waals surface area contributed by atoms with Gasteiger partial charge >= 0.3 is 6.01 Å². The average molecular weight is 583 g/mol. The monoisotopic (exact) mass is 582 g/mol. The number of benzene rings is 3. The smallest absolute Gasteiger partial charge is 0.302 e. The fraction of sp³-hybridized carbons (Fsp3) is 0.333. The minimum Gasteiger partial charge on any atom is -0.476 e. The van der Waals surface area contributed by atoms with Gasteiger partial charge < -0.3 is 24.3 Å². The lowest BCUT2D eigenvalue weighted by Crippen LogP contribution is -2.30. The lowest BCUT2D eigenvalue weighted by Gasteiger charge is -2.26. The topological polar surface area (TPSA) is 149 Å². The Bertz CT molecular complexity index is 1560. The number of ether oxygens (including phenoxy) is 1. The molecule has 222 valence electrons. The molecule has 2 heterocycles. The summed E-state index contributed by atoms with van der Waals surface area (Å²) >= 11 is 0. The van der Waals surface area contributed by atoms with E-state index in [4.69, 9.17) is 14.4 Å². The number of piperidine rings is 1. The molecule has 3 aromatic carbocycles. The van der Waals surface area contributed by atoms with Gasteiger partial charge in [-0.2, -0.15) is 10.2 Å². The van der Waals surface area contributed by atoms with E-state index in [1.807, 2.05) is 0 Å². The minimum atomic E-state index is -1.13. The number of ketones is 1. The molecule has 4 aromatic rings. The maximum Gasteiger partial charge on any atom is 0.302 e. The zero-order valence-corrected chi connectivity index (χ0v) is 23.8. The summed E-state index contributed by atoms with van der Waals surface area (Å²) < 4.78 is 11.8. The van der Waals surface area contributed by atoms with Gasteiger partial charge in [0.1, 0.15) is 11.3 Å². The van der Waals surface area contributed by atoms with Gasteiger partial charge in [0.05, 0.1) is 24.8 Å². The van der Waals surface area contributed by atoms with Gasteiger partial charge in [-0.05, 0) is 86.4 Å². The van der Waals surface area contributed by atoms with Crippen LogP contribution in [0, 0.1) is 11.3 Å². The number of Topliss-reactive ketones (excluding diaryl/α,β-unsaturated/α-hetero) is 1. The first-order chi connectivity index (χ1) is 21.0. The Kier molecular flexibility index (Phi) is 9.79. The Labute approximate surface area is 249 Å². The number of likely N-dealkylation sites (tertiary alicyclic amines) is 1. The summed E-state index contributed by atoms with van der Waals surface area (Å²) in [5.41, 5.74) is 3.27. The van der Waals surface area contributed by atoms with Crippen LogP contribution in [0.15, 0.2) is 65.1 Å². The molecule has 10 nitrogen and oxygen atoms in total. The van der Waals surface area contributed by atoms with Gasteiger partial charge in [0, 0.05) is 17.5 Å². The van der Waals surface area contributed by atoms with Gasteiger partial charge in [-0.1, -0.05) is 30.7 Å². The van der Waals surface area contributed by atoms with Gasteiger partial charge in [-0.15, -0.1) is 0 Å². The number of aliphatic hydroxyl groups excluding tert-OH is 2. The van der Waals surface area contributed by atoms with Gasteiger partial charge in [-0.3, -0.25) is 14.9 Å². The van der Waals surface area contributed by atoms with E-state index in [-0.39, 0.29) is 25.0 Å². The minimum absolute atomic E-state index is 0.0496. The van der Waals surface area contributed by atoms with Gasteiger partial charge in [0.2, 0.25) is 6.10 Å². The predicted octanol–water partition coefficient (Wildman–Crippen LogP) is 4.89. The van der Waals surface area contributed by atoms with Crippen molar-refractivity contribution in [1.82, 2.24) is 9.88 Å². The lowest BCUT2D eigenvalue weighted by atomic mass is 10.0. The molecule has 1 aliphatic rings. The van der Waals surface area contributed by atoms with Crippen molar-refractivity contribution in [3.05, 3.63) is 88.5 Å². The summed E-state index contributed by atoms with van der Waals surface area (Å²) in [7, 11) is 0. The molecule has 1 atom stereocenters. The Hall–Kier alpha value is -4.56. The quantitative estimate of drug-likeness (QED) is 0.198. The molecule has 1 saturated heterocycles. The summed E-state index contributed by atoms with van der Waals surface area (Å²) in [6.45, 7) is 2.55. The summed E-state index contributed by atoms with van der Waals surface area (Å²) in [5.74, 6) is -0.149. The Balaban J connectivity index is 1.32. The third-order valence-corrected chi connectivity index (χ3v) is 7.62. The van der Waals surface area contributed by atoms with Crippen molar-refractivity contribution < 1.29 is 29.0 Å². The Morgan fingerprint density at radius 2 is 1.70 bits per heavy atom. The van der Waals surface area contributed by atoms with Crippen LogP contribution in [0.4, 0.5) is 6.01 Å². The van der Waals surface area contributed by atoms with E-state index in [1.54, 1.807) is 60.7 Å². The SMILES string of the molecule is N#Cc1ccc(OC(C(=O)Nc2nc3cc(CO)c(CO)cc3o2)c2ccc(C(=O)CCCN3CCCCC3)cc2)cc1. The van der Waals surface area contributed by atoms with E-state index < -0.39 is 12.0 Å². The van der Waals surface area contributed by atoms with Crippen molar-refractivity contribution in [1.29, 1.82) is 5.26 Å². The molecule has 1 unspecified atom stereocenters. The van der Waals surface area contributed by atoms with Crippen LogP contribution < -0.4 is 10.1 Å². The van der Waals surface area contributed by atoms with Crippen molar-refractivity contribution in [2.75, 3.05) is 25.0 Å². The van der Waals surface area contributed by atoms with Crippen LogP contribution >= 0.6 is 0 Å². The highest BCUT2D eigenvalue weighted by atomic mass is 16.5. The molecular weight excluding hydrogens is 548 g/mol. The molecule has 0 aliphatic carbocycles. The standard InChI is InChI=1S/C33H34N4O6/c34-19-22-6-12-27(13-7-22)42-31(32(41)36-33-35-28-17-25(20-38)26(21-39)18-30(28)43-33)24-10-8-23(9-11-24)29(40)5-4-16-37-14-2-1-3-15-37/h6-13,17-18,31,38-39H,1-5,14-16,20-21H2,(H,35,36,41). The van der Waals surface area contributed by atoms with E-state index in [1.165, 1.54) is 19.3 Å². The zero-order chi connectivity index (χ0) is 30.2. The number of amides is 1. The Morgan fingerprint density at radius 3 is 2.37 bits per heavy atom. The van der Waals surface area contributed by atoms with E-state index >= 15 is 0 Å². The first-order valence-electron chi connectivity index (χ1n) is 14.4. The fourth-order valence-corrected chi connectivity index (χ4v) is 5.23. The zero-order valence-electron chi connectivity index (χ0n) is 23.8. The van der Waals surface area contributed by atoms with Crippen LogP contribution in [0.3, 0.4) is 0 Å². The molecule has 1 fully saturated rings. The fourth-order valence-electron chi connectivity index (χ4n) is 5.23. The maximum atomic E-state index is 13.5. The number of fused-ring (bicyclic) bond motifs is 1. The second-order valence-electron chi connectivity index (χ2n) is 10.6. The number of rotatable bonds is 12. The number of oxazole rings is 1. The normalized spacial score (nSPS) is 14.3. The molecule has 1 amide bonds. The summed E-state index contributed by atoms with van der Waals surface area (Å²) in [4.78, 5) is 33.1. The number of carbonyl (C=O) groups excluding carboxylic acids is 2. The largest absolute Gasteiger partial charge is 0.476 e. The first-order valence-corrected chi connectivity index (χ1v) is 14.4. The number of anilines is 1. The summed E-state index contributed by atoms with van der Waals surface area (Å²) in [6, 6.07) is 18.3. The molecule has 43 heavy (non-hydrogen) atoms. The molecule has 0 radical (unpaired) electrons. The predicted molar refractivity (Wildman–Crippen MR) is 159 cm³/mol. The number of aromatic nitrogens is 1. The molecule has 10 heteroatoms. The third kappa shape index (κ3) is 7.45. The van der Waals surface area contributed by atoms with Crippen LogP contribution in [-0.2, 0) is 18.0 Å². The first kappa shape index (κ1) is 29.9. The van der Waals surface area contributed by atoms with E-state index in [9.17, 15) is 19.8 Å². The lowest BCUT2D eigenvalue weighted by molar-refractivity contribution is -0.123. The van der Waals surface area contributed by atoms with Crippen molar-refractivity contribution in [2.45, 2.75) is 51.4 Å². The van der Waals surface area contributed by atoms with E-state index in [2.05, 4.69) is 21.3 Å². The molecule has 0 saturated carbocycles. The number of hydrogen-bond acceptors (Lipinski definition) is 9. The van der Waals surface area contributed by atoms with Crippen LogP contribution in [0.5, 0.6) is 5.75 Å². The van der Waals surface area contributed by atoms with Crippen molar-refractivity contribution >= 4 is 28.8 Å². The van der Waals surface area contributed by atoms with E-state index in [0.717, 1.165) is 26.1 Å². The molecule has 0 spiro atoms. The average Bonchev–Trinajstić information content (AvgIpc) is 3.44. The molecule has 1 aromatic heterocycles. The molecule has 3 N–H and O–H groups in total. The van der Waals surface area contributed by atoms with Gasteiger partial charge in [0.15, 0.2) is 11.4 Å². The van der Waals surface area contributed by atoms with E-state index in [0.29, 0.717) is 51.1 Å². The van der Waals surface area contributed by atoms with Gasteiger partial charge in [0.25, 0.3) is 5.91 Å². The Morgan fingerprint density at radius 1 is 1.00 bits per heavy atom. The second kappa shape index (κ2) is 14.1. The van der Waals surface area contributed by atoms with Crippen LogP contribution in [0.1, 0.15) is 70.8 Å². The number of nitriles is 1. The molecular formula is C33H34N4O6. The second-order valence-corrected chi connectivity index (χ2v) is 10.6. The number of nitrogens with zero attached hydrogens (tertiary/aromatic N) is 3. The highest BCUT2D eigenvalue weighted by molar-refractivity contribution is 5.97. The molecule has 5 rings (SSSR count). The highest BCUT2D eigenvalue weighted by Gasteiger charge is 2.25. The number of nitrogens with one attached hydrogen (secondary N) is 1. The number of hydrogen-bond donors (Lipinski definition) is 3. The van der Waals surface area contributed by atoms with Crippen molar-refractivity contribution in [3.8, 4) is 11.8 Å². The van der Waals surface area contributed by atoms with Gasteiger partial charge in [-0.25, -0.2) is 0 Å². The van der Waals surface area contributed by atoms with Crippen LogP contribution in [-0.4, -0.2) is 51.4 Å². The van der Waals surface area contributed by atoms with Crippen LogP contribution in [0.25, 0.3) is 11.1 Å². The summed E-state index contributed by atoms with van der Waals surface area (Å²) in [6.07, 6.45) is 3.84.